The molecule has 0 aliphatic rings. The molecule has 2 aromatic carbocycles. The summed E-state index contributed by atoms with van der Waals surface area (Å²) in [6, 6.07) is 14.6. The lowest BCUT2D eigenvalue weighted by molar-refractivity contribution is 0.473. The number of likely N-dealkylation sites (N-methyl/N-ethyl adjacent to an activating group) is 1. The second-order valence-corrected chi connectivity index (χ2v) is 4.30. The van der Waals surface area contributed by atoms with E-state index in [1.54, 1.807) is 24.3 Å². The van der Waals surface area contributed by atoms with Gasteiger partial charge in [0.25, 0.3) is 0 Å². The Balaban J connectivity index is 2.14. The van der Waals surface area contributed by atoms with E-state index in [1.165, 1.54) is 0 Å². The highest BCUT2D eigenvalue weighted by atomic mass is 16.3. The fraction of sp³-hybridized carbons (Fsp3) is 0.200. The maximum atomic E-state index is 9.28. The highest BCUT2D eigenvalue weighted by Gasteiger charge is 2.09. The largest absolute Gasteiger partial charge is 0.508 e. The van der Waals surface area contributed by atoms with E-state index >= 15 is 0 Å². The summed E-state index contributed by atoms with van der Waals surface area (Å²) in [4.78, 5) is 0. The number of hydrogen-bond acceptors (Lipinski definition) is 3. The van der Waals surface area contributed by atoms with Crippen molar-refractivity contribution in [3.05, 3.63) is 59.7 Å². The molecule has 2 rings (SSSR count). The van der Waals surface area contributed by atoms with Crippen LogP contribution in [0.15, 0.2) is 48.5 Å². The van der Waals surface area contributed by atoms with Gasteiger partial charge >= 0.3 is 0 Å². The van der Waals surface area contributed by atoms with E-state index in [2.05, 4.69) is 5.32 Å². The van der Waals surface area contributed by atoms with Gasteiger partial charge in [0.15, 0.2) is 0 Å². The smallest absolute Gasteiger partial charge is 0.115 e. The Kier molecular flexibility index (Phi) is 3.85. The quantitative estimate of drug-likeness (QED) is 0.773. The maximum absolute atomic E-state index is 9.28. The molecule has 3 nitrogen and oxygen atoms in total. The summed E-state index contributed by atoms with van der Waals surface area (Å²) < 4.78 is 0. The summed E-state index contributed by atoms with van der Waals surface area (Å²) >= 11 is 0. The minimum atomic E-state index is 0.190. The number of aromatic hydroxyl groups is 2. The Bertz CT molecular complexity index is 491. The van der Waals surface area contributed by atoms with Gasteiger partial charge in [0.05, 0.1) is 0 Å². The minimum Gasteiger partial charge on any atom is -0.508 e. The van der Waals surface area contributed by atoms with Crippen molar-refractivity contribution in [3.8, 4) is 11.5 Å². The van der Waals surface area contributed by atoms with Gasteiger partial charge in [0.1, 0.15) is 11.5 Å². The van der Waals surface area contributed by atoms with Gasteiger partial charge in [-0.05, 0) is 48.9 Å². The van der Waals surface area contributed by atoms with Gasteiger partial charge < -0.3 is 15.5 Å². The average Bonchev–Trinajstić information content (AvgIpc) is 2.39. The summed E-state index contributed by atoms with van der Waals surface area (Å²) in [7, 11) is 1.91. The fourth-order valence-corrected chi connectivity index (χ4v) is 1.96. The second kappa shape index (κ2) is 5.56. The standard InChI is InChI=1S/C15H17NO2/c1-16-15(12-4-8-14(18)9-5-12)10-11-2-6-13(17)7-3-11/h2-9,15-18H,10H2,1H3/t15-/m0/s1. The van der Waals surface area contributed by atoms with Crippen LogP contribution in [0.3, 0.4) is 0 Å². The van der Waals surface area contributed by atoms with Crippen molar-refractivity contribution in [1.29, 1.82) is 0 Å². The fourth-order valence-electron chi connectivity index (χ4n) is 1.96. The molecule has 0 bridgehead atoms. The van der Waals surface area contributed by atoms with Crippen LogP contribution >= 0.6 is 0 Å². The molecule has 0 aliphatic carbocycles. The Morgan fingerprint density at radius 2 is 1.39 bits per heavy atom. The average molecular weight is 243 g/mol. The van der Waals surface area contributed by atoms with Crippen molar-refractivity contribution in [1.82, 2.24) is 5.32 Å². The summed E-state index contributed by atoms with van der Waals surface area (Å²) in [6.07, 6.45) is 0.835. The molecule has 3 N–H and O–H groups in total. The number of phenols is 2. The van der Waals surface area contributed by atoms with E-state index in [0.717, 1.165) is 17.5 Å². The van der Waals surface area contributed by atoms with Crippen molar-refractivity contribution in [2.75, 3.05) is 7.05 Å². The van der Waals surface area contributed by atoms with Crippen molar-refractivity contribution >= 4 is 0 Å². The third-order valence-corrected chi connectivity index (χ3v) is 3.02. The van der Waals surface area contributed by atoms with Crippen LogP contribution in [0, 0.1) is 0 Å². The molecule has 0 heterocycles. The highest BCUT2D eigenvalue weighted by molar-refractivity contribution is 5.31. The summed E-state index contributed by atoms with van der Waals surface area (Å²) in [5, 5.41) is 21.8. The zero-order valence-electron chi connectivity index (χ0n) is 10.3. The Labute approximate surface area is 107 Å². The number of phenolic OH excluding ortho intramolecular Hbond substituents is 2. The van der Waals surface area contributed by atoms with Crippen molar-refractivity contribution in [3.63, 3.8) is 0 Å². The van der Waals surface area contributed by atoms with Crippen LogP contribution in [0.25, 0.3) is 0 Å². The van der Waals surface area contributed by atoms with Gasteiger partial charge in [-0.15, -0.1) is 0 Å². The van der Waals surface area contributed by atoms with Crippen LogP contribution in [-0.2, 0) is 6.42 Å². The zero-order valence-corrected chi connectivity index (χ0v) is 10.3. The van der Waals surface area contributed by atoms with E-state index < -0.39 is 0 Å². The van der Waals surface area contributed by atoms with Crippen LogP contribution in [0.4, 0.5) is 0 Å². The summed E-state index contributed by atoms with van der Waals surface area (Å²) in [6.45, 7) is 0. The van der Waals surface area contributed by atoms with Crippen LogP contribution in [0.2, 0.25) is 0 Å². The first-order valence-electron chi connectivity index (χ1n) is 5.93. The molecule has 3 heteroatoms. The third kappa shape index (κ3) is 3.02. The number of benzene rings is 2. The van der Waals surface area contributed by atoms with Crippen molar-refractivity contribution < 1.29 is 10.2 Å². The predicted octanol–water partition coefficient (Wildman–Crippen LogP) is 2.60. The number of hydrogen-bond donors (Lipinski definition) is 3. The first-order valence-corrected chi connectivity index (χ1v) is 5.93. The Hall–Kier alpha value is -2.00. The van der Waals surface area contributed by atoms with E-state index in [1.807, 2.05) is 31.3 Å². The monoisotopic (exact) mass is 243 g/mol. The van der Waals surface area contributed by atoms with Gasteiger partial charge in [-0.2, -0.15) is 0 Å². The SMILES string of the molecule is CN[C@@H](Cc1ccc(O)cc1)c1ccc(O)cc1. The van der Waals surface area contributed by atoms with E-state index in [9.17, 15) is 10.2 Å². The molecule has 0 radical (unpaired) electrons. The Morgan fingerprint density at radius 3 is 1.89 bits per heavy atom. The lowest BCUT2D eigenvalue weighted by Gasteiger charge is -2.17. The maximum Gasteiger partial charge on any atom is 0.115 e. The normalized spacial score (nSPS) is 12.3. The summed E-state index contributed by atoms with van der Waals surface area (Å²) in [5.41, 5.74) is 2.28. The van der Waals surface area contributed by atoms with E-state index in [0.29, 0.717) is 0 Å². The van der Waals surface area contributed by atoms with Gasteiger partial charge in [-0.25, -0.2) is 0 Å². The van der Waals surface area contributed by atoms with Gasteiger partial charge in [-0.3, -0.25) is 0 Å². The van der Waals surface area contributed by atoms with Gasteiger partial charge in [0, 0.05) is 6.04 Å². The number of rotatable bonds is 4. The molecule has 2 aromatic rings. The molecule has 0 saturated carbocycles. The van der Waals surface area contributed by atoms with Gasteiger partial charge in [0.2, 0.25) is 0 Å². The zero-order chi connectivity index (χ0) is 13.0. The van der Waals surface area contributed by atoms with Gasteiger partial charge in [-0.1, -0.05) is 24.3 Å². The molecule has 1 atom stereocenters. The lowest BCUT2D eigenvalue weighted by Crippen LogP contribution is -2.18. The molecule has 0 amide bonds. The van der Waals surface area contributed by atoms with E-state index in [-0.39, 0.29) is 17.5 Å². The molecular formula is C15H17NO2. The van der Waals surface area contributed by atoms with Crippen LogP contribution in [0.5, 0.6) is 11.5 Å². The molecule has 0 aliphatic heterocycles. The third-order valence-electron chi connectivity index (χ3n) is 3.02. The molecule has 0 aromatic heterocycles. The first-order chi connectivity index (χ1) is 8.69. The highest BCUT2D eigenvalue weighted by Crippen LogP contribution is 2.21. The second-order valence-electron chi connectivity index (χ2n) is 4.30. The minimum absolute atomic E-state index is 0.190. The first kappa shape index (κ1) is 12.5. The molecule has 94 valence electrons. The van der Waals surface area contributed by atoms with Crippen molar-refractivity contribution in [2.45, 2.75) is 12.5 Å². The van der Waals surface area contributed by atoms with Crippen LogP contribution in [-0.4, -0.2) is 17.3 Å². The van der Waals surface area contributed by atoms with Crippen molar-refractivity contribution in [2.24, 2.45) is 0 Å². The summed E-state index contributed by atoms with van der Waals surface area (Å²) in [5.74, 6) is 0.558. The molecule has 0 saturated heterocycles. The van der Waals surface area contributed by atoms with E-state index in [4.69, 9.17) is 0 Å². The molecular weight excluding hydrogens is 226 g/mol. The molecule has 0 spiro atoms. The molecule has 0 unspecified atom stereocenters. The predicted molar refractivity (Wildman–Crippen MR) is 71.7 cm³/mol. The molecule has 18 heavy (non-hydrogen) atoms. The van der Waals surface area contributed by atoms with Crippen LogP contribution < -0.4 is 5.32 Å². The van der Waals surface area contributed by atoms with Crippen LogP contribution in [0.1, 0.15) is 17.2 Å². The molecule has 0 fully saturated rings. The number of nitrogens with one attached hydrogen (secondary N) is 1. The topological polar surface area (TPSA) is 52.5 Å². The Morgan fingerprint density at radius 1 is 0.889 bits per heavy atom. The lowest BCUT2D eigenvalue weighted by atomic mass is 9.99.